The molecule has 0 saturated carbocycles. The number of benzene rings is 2. The molecule has 5 aromatic rings. The van der Waals surface area contributed by atoms with Crippen LogP contribution in [0.3, 0.4) is 0 Å². The van der Waals surface area contributed by atoms with Crippen LogP contribution in [0.25, 0.3) is 27.9 Å². The molecular weight excluding hydrogens is 418 g/mol. The van der Waals surface area contributed by atoms with E-state index in [1.54, 1.807) is 13.2 Å². The number of fused-ring (bicyclic) bond motifs is 3. The third-order valence-corrected chi connectivity index (χ3v) is 4.93. The number of hydrogen-bond donors (Lipinski definition) is 1. The molecule has 0 aliphatic heterocycles. The van der Waals surface area contributed by atoms with E-state index in [1.165, 1.54) is 23.1 Å². The van der Waals surface area contributed by atoms with Gasteiger partial charge in [0, 0.05) is 23.3 Å². The summed E-state index contributed by atoms with van der Waals surface area (Å²) < 4.78 is 6.75. The third-order valence-electron chi connectivity index (χ3n) is 4.63. The van der Waals surface area contributed by atoms with Crippen LogP contribution in [0.5, 0.6) is 5.75 Å². The highest BCUT2D eigenvalue weighted by Gasteiger charge is 2.17. The largest absolute Gasteiger partial charge is 0.497 e. The Bertz CT molecular complexity index is 1490. The Hall–Kier alpha value is -4.11. The first kappa shape index (κ1) is 18.9. The molecule has 10 heteroatoms. The number of methoxy groups -OCH3 is 1. The molecule has 9 nitrogen and oxygen atoms in total. The molecule has 0 atom stereocenters. The Morgan fingerprint density at radius 3 is 2.71 bits per heavy atom. The van der Waals surface area contributed by atoms with E-state index in [2.05, 4.69) is 25.4 Å². The smallest absolute Gasteiger partial charge is 0.295 e. The minimum absolute atomic E-state index is 0.145. The number of halogens is 1. The highest BCUT2D eigenvalue weighted by atomic mass is 35.5. The van der Waals surface area contributed by atoms with Gasteiger partial charge in [-0.1, -0.05) is 17.7 Å². The van der Waals surface area contributed by atoms with Crippen LogP contribution in [0.2, 0.25) is 5.02 Å². The van der Waals surface area contributed by atoms with Crippen molar-refractivity contribution in [3.05, 3.63) is 76.4 Å². The molecule has 3 heterocycles. The number of para-hydroxylation sites is 1. The summed E-state index contributed by atoms with van der Waals surface area (Å²) in [5.74, 6) is 1.47. The zero-order valence-corrected chi connectivity index (χ0v) is 16.9. The van der Waals surface area contributed by atoms with Gasteiger partial charge >= 0.3 is 0 Å². The van der Waals surface area contributed by atoms with Gasteiger partial charge in [-0.3, -0.25) is 9.78 Å². The van der Waals surface area contributed by atoms with Crippen molar-refractivity contribution < 1.29 is 4.74 Å². The molecule has 0 radical (unpaired) electrons. The van der Waals surface area contributed by atoms with Crippen molar-refractivity contribution >= 4 is 39.8 Å². The van der Waals surface area contributed by atoms with Crippen molar-refractivity contribution in [2.24, 2.45) is 0 Å². The molecule has 0 spiro atoms. The van der Waals surface area contributed by atoms with Crippen molar-refractivity contribution in [2.75, 3.05) is 12.4 Å². The maximum Gasteiger partial charge on any atom is 0.295 e. The average molecular weight is 432 g/mol. The Morgan fingerprint density at radius 2 is 1.90 bits per heavy atom. The van der Waals surface area contributed by atoms with E-state index in [1.807, 2.05) is 36.4 Å². The molecule has 3 aromatic heterocycles. The summed E-state index contributed by atoms with van der Waals surface area (Å²) in [5, 5.41) is 8.76. The zero-order valence-electron chi connectivity index (χ0n) is 16.2. The van der Waals surface area contributed by atoms with Crippen molar-refractivity contribution in [1.29, 1.82) is 0 Å². The first-order valence-electron chi connectivity index (χ1n) is 9.21. The summed E-state index contributed by atoms with van der Waals surface area (Å²) in [6.07, 6.45) is 4.12. The van der Waals surface area contributed by atoms with Gasteiger partial charge in [-0.25, -0.2) is 15.0 Å². The van der Waals surface area contributed by atoms with Crippen LogP contribution in [0.4, 0.5) is 11.6 Å². The number of hydrogen-bond acceptors (Lipinski definition) is 8. The van der Waals surface area contributed by atoms with E-state index in [0.717, 1.165) is 16.7 Å². The number of nitrogens with zero attached hydrogens (tertiary/aromatic N) is 6. The summed E-state index contributed by atoms with van der Waals surface area (Å²) in [5.41, 5.74) is 1.52. The Morgan fingerprint density at radius 1 is 1.06 bits per heavy atom. The lowest BCUT2D eigenvalue weighted by Crippen LogP contribution is -2.12. The monoisotopic (exact) mass is 431 g/mol. The molecule has 5 rings (SSSR count). The van der Waals surface area contributed by atoms with Gasteiger partial charge < -0.3 is 10.1 Å². The van der Waals surface area contributed by atoms with Crippen LogP contribution in [0.1, 0.15) is 0 Å². The van der Waals surface area contributed by atoms with Gasteiger partial charge in [-0.2, -0.15) is 4.52 Å². The number of anilines is 2. The van der Waals surface area contributed by atoms with Crippen molar-refractivity contribution in [2.45, 2.75) is 0 Å². The highest BCUT2D eigenvalue weighted by molar-refractivity contribution is 6.35. The SMILES string of the molecule is COc1ccc(-c2nc3c4cccc(Cl)c4nc(Nc4cnccnc4=O)n3n2)cc1. The fourth-order valence-corrected chi connectivity index (χ4v) is 3.34. The highest BCUT2D eigenvalue weighted by Crippen LogP contribution is 2.29. The van der Waals surface area contributed by atoms with Gasteiger partial charge in [0.05, 0.1) is 23.8 Å². The predicted octanol–water partition coefficient (Wildman–Crippen LogP) is 3.50. The van der Waals surface area contributed by atoms with Crippen LogP contribution >= 0.6 is 11.6 Å². The summed E-state index contributed by atoms with van der Waals surface area (Å²) in [4.78, 5) is 29.3. The second-order valence-corrected chi connectivity index (χ2v) is 6.93. The maximum absolute atomic E-state index is 12.3. The molecule has 152 valence electrons. The number of aromatic nitrogens is 6. The van der Waals surface area contributed by atoms with E-state index in [0.29, 0.717) is 22.0 Å². The molecule has 1 N–H and O–H groups in total. The quantitative estimate of drug-likeness (QED) is 0.460. The lowest BCUT2D eigenvalue weighted by Gasteiger charge is -2.08. The van der Waals surface area contributed by atoms with E-state index in [9.17, 15) is 4.79 Å². The van der Waals surface area contributed by atoms with Crippen molar-refractivity contribution in [3.8, 4) is 17.1 Å². The van der Waals surface area contributed by atoms with Gasteiger partial charge in [0.25, 0.3) is 5.56 Å². The lowest BCUT2D eigenvalue weighted by molar-refractivity contribution is 0.415. The second kappa shape index (κ2) is 7.62. The first-order valence-corrected chi connectivity index (χ1v) is 9.58. The topological polar surface area (TPSA) is 107 Å². The zero-order chi connectivity index (χ0) is 21.4. The molecule has 0 amide bonds. The minimum atomic E-state index is -0.484. The molecule has 0 bridgehead atoms. The molecule has 0 aliphatic rings. The number of ether oxygens (including phenoxy) is 1. The van der Waals surface area contributed by atoms with Gasteiger partial charge in [0.1, 0.15) is 11.4 Å². The molecule has 2 aromatic carbocycles. The Kier molecular flexibility index (Phi) is 4.64. The van der Waals surface area contributed by atoms with Crippen molar-refractivity contribution in [3.63, 3.8) is 0 Å². The number of rotatable bonds is 4. The van der Waals surface area contributed by atoms with Gasteiger partial charge in [0.2, 0.25) is 5.95 Å². The summed E-state index contributed by atoms with van der Waals surface area (Å²) >= 11 is 6.39. The first-order chi connectivity index (χ1) is 15.1. The standard InChI is InChI=1S/C21H14ClN7O2/c1-31-13-7-5-12(6-8-13)18-27-19-14-3-2-4-15(22)17(14)26-21(29(19)28-18)25-16-11-23-9-10-24-20(16)30/h2-11H,1H3,(H,24,25,26,30). The second-order valence-electron chi connectivity index (χ2n) is 6.52. The number of nitrogens with one attached hydrogen (secondary N) is 1. The summed E-state index contributed by atoms with van der Waals surface area (Å²) in [6.45, 7) is 0. The molecule has 0 aliphatic carbocycles. The molecule has 0 saturated heterocycles. The van der Waals surface area contributed by atoms with E-state index < -0.39 is 5.56 Å². The molecule has 31 heavy (non-hydrogen) atoms. The van der Waals surface area contributed by atoms with E-state index in [4.69, 9.17) is 21.3 Å². The molecule has 0 fully saturated rings. The maximum atomic E-state index is 12.3. The fourth-order valence-electron chi connectivity index (χ4n) is 3.13. The third kappa shape index (κ3) is 3.40. The Labute approximate surface area is 180 Å². The van der Waals surface area contributed by atoms with Crippen LogP contribution in [-0.4, -0.2) is 36.7 Å². The predicted molar refractivity (Wildman–Crippen MR) is 117 cm³/mol. The van der Waals surface area contributed by atoms with Gasteiger partial charge in [-0.15, -0.1) is 5.10 Å². The van der Waals surface area contributed by atoms with E-state index >= 15 is 0 Å². The molecular formula is C21H14ClN7O2. The van der Waals surface area contributed by atoms with Crippen LogP contribution in [-0.2, 0) is 0 Å². The Balaban J connectivity index is 1.75. The van der Waals surface area contributed by atoms with Crippen LogP contribution in [0.15, 0.2) is 65.8 Å². The van der Waals surface area contributed by atoms with Gasteiger partial charge in [0.15, 0.2) is 11.5 Å². The van der Waals surface area contributed by atoms with E-state index in [-0.39, 0.29) is 11.6 Å². The fraction of sp³-hybridized carbons (Fsp3) is 0.0476. The van der Waals surface area contributed by atoms with Crippen LogP contribution in [0, 0.1) is 0 Å². The summed E-state index contributed by atoms with van der Waals surface area (Å²) in [7, 11) is 1.61. The lowest BCUT2D eigenvalue weighted by atomic mass is 10.2. The average Bonchev–Trinajstić information content (AvgIpc) is 3.15. The minimum Gasteiger partial charge on any atom is -0.497 e. The van der Waals surface area contributed by atoms with Gasteiger partial charge in [-0.05, 0) is 36.4 Å². The summed E-state index contributed by atoms with van der Waals surface area (Å²) in [6, 6.07) is 12.8. The van der Waals surface area contributed by atoms with Crippen molar-refractivity contribution in [1.82, 2.24) is 29.5 Å². The normalized spacial score (nSPS) is 11.0. The molecule has 0 unspecified atom stereocenters. The van der Waals surface area contributed by atoms with Crippen LogP contribution < -0.4 is 15.6 Å².